The van der Waals surface area contributed by atoms with Crippen molar-refractivity contribution >= 4 is 41.0 Å². The number of aromatic nitrogens is 1. The van der Waals surface area contributed by atoms with Crippen molar-refractivity contribution in [2.75, 3.05) is 0 Å². The Hall–Kier alpha value is -0.120. The molecule has 1 aliphatic rings. The number of carbonyl (C=O) groups excluding carboxylic acids is 1. The van der Waals surface area contributed by atoms with E-state index in [1.54, 1.807) is 17.8 Å². The van der Waals surface area contributed by atoms with Crippen LogP contribution in [-0.4, -0.2) is 9.81 Å². The van der Waals surface area contributed by atoms with E-state index >= 15 is 0 Å². The molecule has 1 aliphatic heterocycles. The van der Waals surface area contributed by atoms with Gasteiger partial charge < -0.3 is 4.57 Å². The summed E-state index contributed by atoms with van der Waals surface area (Å²) in [5.41, 5.74) is 1.73. The van der Waals surface area contributed by atoms with Crippen LogP contribution in [0.15, 0.2) is 12.3 Å². The smallest absolute Gasteiger partial charge is 0.254 e. The van der Waals surface area contributed by atoms with Gasteiger partial charge in [0.1, 0.15) is 0 Å². The normalized spacial score (nSPS) is 13.8. The predicted molar refractivity (Wildman–Crippen MR) is 53.2 cm³/mol. The zero-order chi connectivity index (χ0) is 7.84. The molecule has 0 aromatic carbocycles. The molecule has 0 N–H and O–H groups in total. The third-order valence-corrected chi connectivity index (χ3v) is 2.90. The number of carbonyl (C=O) groups is 1. The van der Waals surface area contributed by atoms with Gasteiger partial charge in [-0.05, 0) is 17.7 Å². The molecule has 0 fully saturated rings. The number of thioether (sulfide) groups is 1. The molecule has 0 bridgehead atoms. The molecule has 12 heavy (non-hydrogen) atoms. The topological polar surface area (TPSA) is 22.0 Å². The first-order chi connectivity index (χ1) is 5.29. The summed E-state index contributed by atoms with van der Waals surface area (Å²) in [6.07, 6.45) is 1.91. The summed E-state index contributed by atoms with van der Waals surface area (Å²) in [6.45, 7) is 0. The van der Waals surface area contributed by atoms with Crippen LogP contribution in [0.1, 0.15) is 16.1 Å². The van der Waals surface area contributed by atoms with Gasteiger partial charge in [0.25, 0.3) is 5.24 Å². The quantitative estimate of drug-likeness (QED) is 0.683. The molecule has 0 amide bonds. The number of nitrogens with zero attached hydrogens (tertiary/aromatic N) is 1. The van der Waals surface area contributed by atoms with Gasteiger partial charge in [-0.3, -0.25) is 4.79 Å². The van der Waals surface area contributed by atoms with Crippen molar-refractivity contribution in [1.82, 2.24) is 4.57 Å². The average Bonchev–Trinajstić information content (AvgIpc) is 2.41. The van der Waals surface area contributed by atoms with Crippen molar-refractivity contribution in [2.45, 2.75) is 11.6 Å². The molecule has 5 heteroatoms. The first-order valence-electron chi connectivity index (χ1n) is 3.24. The van der Waals surface area contributed by atoms with Crippen molar-refractivity contribution in [2.24, 2.45) is 0 Å². The van der Waals surface area contributed by atoms with Gasteiger partial charge >= 0.3 is 0 Å². The first-order valence-corrected chi connectivity index (χ1v) is 4.78. The summed E-state index contributed by atoms with van der Waals surface area (Å²) < 4.78 is 2.06. The molecule has 0 aliphatic carbocycles. The van der Waals surface area contributed by atoms with Crippen LogP contribution >= 0.6 is 35.8 Å². The fourth-order valence-corrected chi connectivity index (χ4v) is 2.42. The molecule has 2 rings (SSSR count). The number of halogens is 2. The Bertz CT molecular complexity index is 310. The van der Waals surface area contributed by atoms with E-state index in [4.69, 9.17) is 11.6 Å². The fraction of sp³-hybridized carbons (Fsp3) is 0.286. The van der Waals surface area contributed by atoms with Crippen molar-refractivity contribution in [1.29, 1.82) is 0 Å². The Balaban J connectivity index is 0.000000720. The van der Waals surface area contributed by atoms with Gasteiger partial charge in [0.05, 0.1) is 11.4 Å². The zero-order valence-corrected chi connectivity index (χ0v) is 8.51. The molecule has 2 nitrogen and oxygen atoms in total. The third-order valence-electron chi connectivity index (χ3n) is 1.76. The van der Waals surface area contributed by atoms with E-state index in [0.717, 1.165) is 17.3 Å². The molecule has 1 aromatic heterocycles. The van der Waals surface area contributed by atoms with Gasteiger partial charge in [0.2, 0.25) is 0 Å². The van der Waals surface area contributed by atoms with E-state index in [9.17, 15) is 4.79 Å². The van der Waals surface area contributed by atoms with Gasteiger partial charge in [-0.2, -0.15) is 0 Å². The second kappa shape index (κ2) is 3.73. The van der Waals surface area contributed by atoms with Gasteiger partial charge in [0, 0.05) is 17.6 Å². The number of hydrogen-bond donors (Lipinski definition) is 0. The Morgan fingerprint density at radius 3 is 3.08 bits per heavy atom. The summed E-state index contributed by atoms with van der Waals surface area (Å²) in [7, 11) is 0. The Morgan fingerprint density at radius 1 is 1.67 bits per heavy atom. The average molecular weight is 224 g/mol. The number of fused-ring (bicyclic) bond motifs is 1. The van der Waals surface area contributed by atoms with Crippen LogP contribution in [0.25, 0.3) is 0 Å². The zero-order valence-electron chi connectivity index (χ0n) is 6.12. The lowest BCUT2D eigenvalue weighted by Crippen LogP contribution is -1.94. The van der Waals surface area contributed by atoms with Crippen LogP contribution in [-0.2, 0) is 11.6 Å². The van der Waals surface area contributed by atoms with Crippen molar-refractivity contribution in [3.8, 4) is 0 Å². The van der Waals surface area contributed by atoms with Gasteiger partial charge in [-0.1, -0.05) is 0 Å². The molecule has 2 heterocycles. The number of rotatable bonds is 1. The van der Waals surface area contributed by atoms with Crippen LogP contribution in [0.5, 0.6) is 0 Å². The summed E-state index contributed by atoms with van der Waals surface area (Å²) >= 11 is 7.16. The highest BCUT2D eigenvalue weighted by Crippen LogP contribution is 2.27. The molecule has 66 valence electrons. The van der Waals surface area contributed by atoms with E-state index in [-0.39, 0.29) is 17.6 Å². The van der Waals surface area contributed by atoms with E-state index in [2.05, 4.69) is 4.57 Å². The second-order valence-corrected chi connectivity index (χ2v) is 3.70. The molecular formula is C7H7Cl2NOS. The van der Waals surface area contributed by atoms with E-state index < -0.39 is 0 Å². The van der Waals surface area contributed by atoms with E-state index in [1.807, 2.05) is 6.20 Å². The lowest BCUT2D eigenvalue weighted by molar-refractivity contribution is 0.108. The lowest BCUT2D eigenvalue weighted by atomic mass is 10.3. The molecule has 0 saturated heterocycles. The van der Waals surface area contributed by atoms with Crippen molar-refractivity contribution < 1.29 is 4.79 Å². The maximum absolute atomic E-state index is 10.8. The monoisotopic (exact) mass is 223 g/mol. The molecule has 0 radical (unpaired) electrons. The molecule has 0 saturated carbocycles. The molecular weight excluding hydrogens is 217 g/mol. The molecule has 0 atom stereocenters. The minimum atomic E-state index is -0.346. The highest BCUT2D eigenvalue weighted by atomic mass is 35.5. The van der Waals surface area contributed by atoms with E-state index in [0.29, 0.717) is 5.56 Å². The number of hydrogen-bond acceptors (Lipinski definition) is 2. The minimum Gasteiger partial charge on any atom is -0.340 e. The Labute approximate surface area is 85.7 Å². The standard InChI is InChI=1S/C7H6ClNOS.ClH/c8-7(10)5-1-2-9-4-11-3-6(5)9;/h1-2H,3-4H2;1H. The van der Waals surface area contributed by atoms with Crippen LogP contribution < -0.4 is 0 Å². The molecule has 0 unspecified atom stereocenters. The lowest BCUT2D eigenvalue weighted by Gasteiger charge is -1.93. The van der Waals surface area contributed by atoms with Crippen LogP contribution in [0.4, 0.5) is 0 Å². The SMILES string of the molecule is Cl.O=C(Cl)c1ccn2c1CSC2. The van der Waals surface area contributed by atoms with Crippen LogP contribution in [0.2, 0.25) is 0 Å². The summed E-state index contributed by atoms with van der Waals surface area (Å²) in [5.74, 6) is 1.85. The second-order valence-electron chi connectivity index (χ2n) is 2.40. The summed E-state index contributed by atoms with van der Waals surface area (Å²) in [5, 5.41) is -0.346. The Morgan fingerprint density at radius 2 is 2.42 bits per heavy atom. The largest absolute Gasteiger partial charge is 0.340 e. The van der Waals surface area contributed by atoms with Crippen molar-refractivity contribution in [3.05, 3.63) is 23.5 Å². The highest BCUT2D eigenvalue weighted by molar-refractivity contribution is 7.97. The van der Waals surface area contributed by atoms with Gasteiger partial charge in [0.15, 0.2) is 0 Å². The summed E-state index contributed by atoms with van der Waals surface area (Å²) in [4.78, 5) is 10.8. The first kappa shape index (κ1) is 9.96. The third kappa shape index (κ3) is 1.49. The van der Waals surface area contributed by atoms with Crippen molar-refractivity contribution in [3.63, 3.8) is 0 Å². The van der Waals surface area contributed by atoms with Crippen LogP contribution in [0.3, 0.4) is 0 Å². The summed E-state index contributed by atoms with van der Waals surface area (Å²) in [6, 6.07) is 1.78. The predicted octanol–water partition coefficient (Wildman–Crippen LogP) is 2.49. The maximum atomic E-state index is 10.8. The molecule has 0 spiro atoms. The minimum absolute atomic E-state index is 0. The van der Waals surface area contributed by atoms with E-state index in [1.165, 1.54) is 0 Å². The van der Waals surface area contributed by atoms with Gasteiger partial charge in [-0.15, -0.1) is 24.2 Å². The van der Waals surface area contributed by atoms with Gasteiger partial charge in [-0.25, -0.2) is 0 Å². The van der Waals surface area contributed by atoms with Crippen LogP contribution in [0, 0.1) is 0 Å². The fourth-order valence-electron chi connectivity index (χ4n) is 1.21. The Kier molecular flexibility index (Phi) is 3.09. The molecule has 1 aromatic rings. The highest BCUT2D eigenvalue weighted by Gasteiger charge is 2.17. The maximum Gasteiger partial charge on any atom is 0.254 e.